The van der Waals surface area contributed by atoms with Crippen molar-refractivity contribution in [3.05, 3.63) is 65.7 Å². The fourth-order valence-electron chi connectivity index (χ4n) is 2.47. The van der Waals surface area contributed by atoms with Gasteiger partial charge in [-0.05, 0) is 36.1 Å². The summed E-state index contributed by atoms with van der Waals surface area (Å²) in [7, 11) is -0.620. The summed E-state index contributed by atoms with van der Waals surface area (Å²) in [5.41, 5.74) is 1.57. The van der Waals surface area contributed by atoms with Crippen molar-refractivity contribution in [3.8, 4) is 0 Å². The Hall–Kier alpha value is -2.18. The van der Waals surface area contributed by atoms with E-state index in [0.29, 0.717) is 12.1 Å². The molecule has 2 rings (SSSR count). The highest BCUT2D eigenvalue weighted by molar-refractivity contribution is 7.89. The Bertz CT molecular complexity index is 818. The third-order valence-electron chi connectivity index (χ3n) is 3.91. The molecule has 5 nitrogen and oxygen atoms in total. The van der Waals surface area contributed by atoms with Crippen molar-refractivity contribution in [3.63, 3.8) is 0 Å². The predicted molar refractivity (Wildman–Crippen MR) is 99.0 cm³/mol. The highest BCUT2D eigenvalue weighted by Crippen LogP contribution is 2.15. The Morgan fingerprint density at radius 2 is 1.76 bits per heavy atom. The maximum absolute atomic E-state index is 12.3. The zero-order chi connectivity index (χ0) is 18.4. The van der Waals surface area contributed by atoms with Crippen LogP contribution in [0.1, 0.15) is 22.8 Å². The largest absolute Gasteiger partial charge is 0.352 e. The third-order valence-corrected chi connectivity index (χ3v) is 5.72. The molecule has 134 valence electrons. The number of nitrogens with one attached hydrogen (secondary N) is 1. The molecule has 1 N–H and O–H groups in total. The lowest BCUT2D eigenvalue weighted by Crippen LogP contribution is -2.29. The van der Waals surface area contributed by atoms with Crippen LogP contribution in [0.5, 0.6) is 0 Å². The van der Waals surface area contributed by atoms with Gasteiger partial charge < -0.3 is 5.32 Å². The van der Waals surface area contributed by atoms with Gasteiger partial charge in [-0.1, -0.05) is 43.3 Å². The summed E-state index contributed by atoms with van der Waals surface area (Å²) in [6.45, 7) is 2.60. The molecule has 1 atom stereocenters. The average molecular weight is 360 g/mol. The Balaban J connectivity index is 1.99. The van der Waals surface area contributed by atoms with Crippen LogP contribution in [0.4, 0.5) is 0 Å². The van der Waals surface area contributed by atoms with Crippen LogP contribution < -0.4 is 5.32 Å². The smallest absolute Gasteiger partial charge is 0.251 e. The van der Waals surface area contributed by atoms with E-state index in [-0.39, 0.29) is 16.7 Å². The molecular weight excluding hydrogens is 336 g/mol. The second-order valence-corrected chi connectivity index (χ2v) is 8.47. The second-order valence-electron chi connectivity index (χ2n) is 6.32. The summed E-state index contributed by atoms with van der Waals surface area (Å²) in [5.74, 6) is 0.00996. The van der Waals surface area contributed by atoms with Gasteiger partial charge in [-0.2, -0.15) is 0 Å². The number of carbonyl (C=O) groups excluding carboxylic acids is 1. The van der Waals surface area contributed by atoms with E-state index in [1.807, 2.05) is 18.2 Å². The number of benzene rings is 2. The monoisotopic (exact) mass is 360 g/mol. The van der Waals surface area contributed by atoms with Crippen molar-refractivity contribution in [2.75, 3.05) is 20.6 Å². The summed E-state index contributed by atoms with van der Waals surface area (Å²) >= 11 is 0. The van der Waals surface area contributed by atoms with Crippen molar-refractivity contribution in [1.82, 2.24) is 9.62 Å². The highest BCUT2D eigenvalue weighted by atomic mass is 32.2. The van der Waals surface area contributed by atoms with Crippen LogP contribution in [0, 0.1) is 5.92 Å². The Morgan fingerprint density at radius 3 is 2.40 bits per heavy atom. The van der Waals surface area contributed by atoms with Crippen LogP contribution in [0.25, 0.3) is 0 Å². The number of carbonyl (C=O) groups is 1. The number of hydrogen-bond donors (Lipinski definition) is 1. The van der Waals surface area contributed by atoms with E-state index in [1.54, 1.807) is 12.1 Å². The normalized spacial score (nSPS) is 12.8. The van der Waals surface area contributed by atoms with Crippen molar-refractivity contribution in [2.24, 2.45) is 5.92 Å². The van der Waals surface area contributed by atoms with Crippen LogP contribution in [0.15, 0.2) is 59.5 Å². The minimum absolute atomic E-state index is 0.113. The standard InChI is InChI=1S/C19H24N2O3S/c1-15(12-16-8-5-4-6-9-16)14-20-19(22)17-10-7-11-18(13-17)25(23,24)21(2)3/h4-11,13,15H,12,14H2,1-3H3,(H,20,22). The van der Waals surface area contributed by atoms with Gasteiger partial charge in [0, 0.05) is 26.2 Å². The molecule has 1 amide bonds. The minimum Gasteiger partial charge on any atom is -0.352 e. The van der Waals surface area contributed by atoms with E-state index in [4.69, 9.17) is 0 Å². The quantitative estimate of drug-likeness (QED) is 0.825. The molecule has 0 aliphatic heterocycles. The first-order valence-corrected chi connectivity index (χ1v) is 9.59. The van der Waals surface area contributed by atoms with Crippen LogP contribution in [-0.4, -0.2) is 39.3 Å². The van der Waals surface area contributed by atoms with Crippen LogP contribution >= 0.6 is 0 Å². The van der Waals surface area contributed by atoms with Crippen LogP contribution in [-0.2, 0) is 16.4 Å². The van der Waals surface area contributed by atoms with Gasteiger partial charge in [0.1, 0.15) is 0 Å². The number of nitrogens with zero attached hydrogens (tertiary/aromatic N) is 1. The summed E-state index contributed by atoms with van der Waals surface area (Å²) in [6.07, 6.45) is 0.871. The fourth-order valence-corrected chi connectivity index (χ4v) is 3.41. The van der Waals surface area contributed by atoms with Gasteiger partial charge in [0.15, 0.2) is 0 Å². The third kappa shape index (κ3) is 5.14. The molecule has 6 heteroatoms. The second kappa shape index (κ2) is 8.27. The number of rotatable bonds is 7. The summed E-state index contributed by atoms with van der Waals surface area (Å²) in [6, 6.07) is 16.2. The SMILES string of the molecule is CC(CNC(=O)c1cccc(S(=O)(=O)N(C)C)c1)Cc1ccccc1. The van der Waals surface area contributed by atoms with Crippen molar-refractivity contribution in [1.29, 1.82) is 0 Å². The molecule has 0 aliphatic carbocycles. The van der Waals surface area contributed by atoms with Gasteiger partial charge in [0.2, 0.25) is 10.0 Å². The molecule has 0 radical (unpaired) electrons. The van der Waals surface area contributed by atoms with Gasteiger partial charge in [-0.3, -0.25) is 4.79 Å². The lowest BCUT2D eigenvalue weighted by Gasteiger charge is -2.14. The van der Waals surface area contributed by atoms with Gasteiger partial charge in [-0.15, -0.1) is 0 Å². The first-order valence-electron chi connectivity index (χ1n) is 8.15. The van der Waals surface area contributed by atoms with E-state index in [1.165, 1.54) is 31.8 Å². The van der Waals surface area contributed by atoms with Gasteiger partial charge in [0.25, 0.3) is 5.91 Å². The molecule has 0 aromatic heterocycles. The Morgan fingerprint density at radius 1 is 1.08 bits per heavy atom. The van der Waals surface area contributed by atoms with E-state index in [9.17, 15) is 13.2 Å². The predicted octanol–water partition coefficient (Wildman–Crippen LogP) is 2.55. The fraction of sp³-hybridized carbons (Fsp3) is 0.316. The van der Waals surface area contributed by atoms with E-state index >= 15 is 0 Å². The lowest BCUT2D eigenvalue weighted by atomic mass is 10.0. The van der Waals surface area contributed by atoms with Crippen LogP contribution in [0.2, 0.25) is 0 Å². The molecule has 25 heavy (non-hydrogen) atoms. The topological polar surface area (TPSA) is 66.5 Å². The average Bonchev–Trinajstić information content (AvgIpc) is 2.60. The zero-order valence-corrected chi connectivity index (χ0v) is 15.6. The van der Waals surface area contributed by atoms with E-state index in [2.05, 4.69) is 24.4 Å². The lowest BCUT2D eigenvalue weighted by molar-refractivity contribution is 0.0948. The summed E-state index contributed by atoms with van der Waals surface area (Å²) in [4.78, 5) is 12.4. The number of amides is 1. The highest BCUT2D eigenvalue weighted by Gasteiger charge is 2.18. The number of hydrogen-bond acceptors (Lipinski definition) is 3. The maximum Gasteiger partial charge on any atom is 0.251 e. The molecule has 0 aliphatic rings. The first-order chi connectivity index (χ1) is 11.8. The molecule has 2 aromatic rings. The number of sulfonamides is 1. The molecule has 0 spiro atoms. The van der Waals surface area contributed by atoms with Crippen LogP contribution in [0.3, 0.4) is 0 Å². The van der Waals surface area contributed by atoms with Gasteiger partial charge >= 0.3 is 0 Å². The molecule has 0 bridgehead atoms. The molecule has 0 saturated carbocycles. The van der Waals surface area contributed by atoms with Gasteiger partial charge in [-0.25, -0.2) is 12.7 Å². The molecule has 1 unspecified atom stereocenters. The van der Waals surface area contributed by atoms with E-state index < -0.39 is 10.0 Å². The minimum atomic E-state index is -3.55. The van der Waals surface area contributed by atoms with Crippen molar-refractivity contribution >= 4 is 15.9 Å². The maximum atomic E-state index is 12.3. The Labute approximate surface area is 149 Å². The van der Waals surface area contributed by atoms with E-state index in [0.717, 1.165) is 10.7 Å². The Kier molecular flexibility index (Phi) is 6.33. The molecule has 0 heterocycles. The molecule has 2 aromatic carbocycles. The van der Waals surface area contributed by atoms with Gasteiger partial charge in [0.05, 0.1) is 4.90 Å². The zero-order valence-electron chi connectivity index (χ0n) is 14.8. The molecular formula is C19H24N2O3S. The summed E-state index contributed by atoms with van der Waals surface area (Å²) < 4.78 is 25.5. The van der Waals surface area contributed by atoms with Crippen molar-refractivity contribution < 1.29 is 13.2 Å². The first kappa shape index (κ1) is 19.1. The van der Waals surface area contributed by atoms with Crippen molar-refractivity contribution in [2.45, 2.75) is 18.2 Å². The summed E-state index contributed by atoms with van der Waals surface area (Å²) in [5, 5.41) is 2.88. The molecule has 0 saturated heterocycles. The molecule has 0 fully saturated rings.